The lowest BCUT2D eigenvalue weighted by Crippen LogP contribution is -2.49. The lowest BCUT2D eigenvalue weighted by atomic mass is 9.74. The zero-order chi connectivity index (χ0) is 10.3. The van der Waals surface area contributed by atoms with Crippen LogP contribution in [0.4, 0.5) is 0 Å². The highest BCUT2D eigenvalue weighted by molar-refractivity contribution is 4.98. The summed E-state index contributed by atoms with van der Waals surface area (Å²) < 4.78 is 0. The fourth-order valence-electron chi connectivity index (χ4n) is 3.64. The van der Waals surface area contributed by atoms with Crippen molar-refractivity contribution in [2.45, 2.75) is 45.2 Å². The molecule has 1 N–H and O–H groups in total. The minimum absolute atomic E-state index is 0.380. The van der Waals surface area contributed by atoms with E-state index in [4.69, 9.17) is 0 Å². The molecule has 2 nitrogen and oxygen atoms in total. The van der Waals surface area contributed by atoms with Gasteiger partial charge in [-0.15, -0.1) is 0 Å². The zero-order valence-corrected chi connectivity index (χ0v) is 9.61. The van der Waals surface area contributed by atoms with Crippen molar-refractivity contribution < 1.29 is 5.11 Å². The van der Waals surface area contributed by atoms with Gasteiger partial charge in [-0.05, 0) is 38.1 Å². The molecular formula is C12H23NO. The molecule has 0 spiro atoms. The number of aliphatic hydroxyl groups excluding tert-OH is 1. The predicted octanol–water partition coefficient (Wildman–Crippen LogP) is 1.73. The first-order chi connectivity index (χ1) is 6.65. The van der Waals surface area contributed by atoms with E-state index in [0.29, 0.717) is 18.6 Å². The van der Waals surface area contributed by atoms with Gasteiger partial charge in [-0.1, -0.05) is 13.8 Å². The van der Waals surface area contributed by atoms with Crippen molar-refractivity contribution >= 4 is 0 Å². The van der Waals surface area contributed by atoms with Gasteiger partial charge < -0.3 is 10.0 Å². The minimum Gasteiger partial charge on any atom is -0.396 e. The van der Waals surface area contributed by atoms with Crippen molar-refractivity contribution in [2.75, 3.05) is 13.7 Å². The van der Waals surface area contributed by atoms with Crippen LogP contribution in [0.25, 0.3) is 0 Å². The lowest BCUT2D eigenvalue weighted by molar-refractivity contribution is 0.0121. The van der Waals surface area contributed by atoms with E-state index in [0.717, 1.165) is 17.9 Å². The molecule has 0 aromatic heterocycles. The number of hydrogen-bond acceptors (Lipinski definition) is 2. The predicted molar refractivity (Wildman–Crippen MR) is 58.1 cm³/mol. The van der Waals surface area contributed by atoms with E-state index in [1.54, 1.807) is 0 Å². The summed E-state index contributed by atoms with van der Waals surface area (Å²) in [5, 5.41) is 9.52. The van der Waals surface area contributed by atoms with Crippen molar-refractivity contribution in [1.29, 1.82) is 0 Å². The van der Waals surface area contributed by atoms with Gasteiger partial charge in [0, 0.05) is 24.6 Å². The summed E-state index contributed by atoms with van der Waals surface area (Å²) in [7, 11) is 2.24. The minimum atomic E-state index is 0.380. The van der Waals surface area contributed by atoms with Crippen LogP contribution in [0.5, 0.6) is 0 Å². The lowest BCUT2D eigenvalue weighted by Gasteiger charge is -2.44. The molecule has 0 amide bonds. The van der Waals surface area contributed by atoms with Crippen LogP contribution < -0.4 is 0 Å². The first-order valence-electron chi connectivity index (χ1n) is 5.98. The quantitative estimate of drug-likeness (QED) is 0.729. The molecule has 2 fully saturated rings. The van der Waals surface area contributed by atoms with Crippen LogP contribution in [0.2, 0.25) is 0 Å². The highest BCUT2D eigenvalue weighted by Crippen LogP contribution is 2.43. The maximum atomic E-state index is 9.52. The fourth-order valence-corrected chi connectivity index (χ4v) is 3.64. The van der Waals surface area contributed by atoms with E-state index in [1.807, 2.05) is 0 Å². The van der Waals surface area contributed by atoms with Crippen LogP contribution in [-0.4, -0.2) is 35.7 Å². The average molecular weight is 197 g/mol. The Hall–Kier alpha value is -0.0800. The van der Waals surface area contributed by atoms with Crippen molar-refractivity contribution in [3.05, 3.63) is 0 Å². The molecule has 0 aliphatic carbocycles. The summed E-state index contributed by atoms with van der Waals surface area (Å²) in [6.45, 7) is 4.99. The first kappa shape index (κ1) is 10.4. The molecule has 0 radical (unpaired) electrons. The zero-order valence-electron chi connectivity index (χ0n) is 9.61. The standard InChI is InChI=1S/C12H23NO/c1-8(2)10-6-9-4-5-12(13(9)3)11(10)7-14/h8-12,14H,4-7H2,1-3H3. The molecule has 0 aromatic rings. The molecule has 4 atom stereocenters. The molecular weight excluding hydrogens is 174 g/mol. The first-order valence-corrected chi connectivity index (χ1v) is 5.98. The van der Waals surface area contributed by atoms with Crippen molar-refractivity contribution in [3.8, 4) is 0 Å². The van der Waals surface area contributed by atoms with Gasteiger partial charge in [0.25, 0.3) is 0 Å². The van der Waals surface area contributed by atoms with Crippen LogP contribution in [0.15, 0.2) is 0 Å². The summed E-state index contributed by atoms with van der Waals surface area (Å²) in [5.74, 6) is 2.00. The van der Waals surface area contributed by atoms with Gasteiger partial charge in [0.05, 0.1) is 0 Å². The van der Waals surface area contributed by atoms with Crippen LogP contribution in [0.1, 0.15) is 33.1 Å². The Morgan fingerprint density at radius 2 is 2.07 bits per heavy atom. The summed E-state index contributed by atoms with van der Waals surface area (Å²) in [5.41, 5.74) is 0. The number of aliphatic hydroxyl groups is 1. The SMILES string of the molecule is CC(C)C1CC2CCC(C1CO)N2C. The second-order valence-electron chi connectivity index (χ2n) is 5.45. The van der Waals surface area contributed by atoms with Gasteiger partial charge in [0.15, 0.2) is 0 Å². The van der Waals surface area contributed by atoms with Crippen molar-refractivity contribution in [1.82, 2.24) is 4.90 Å². The van der Waals surface area contributed by atoms with Crippen LogP contribution in [0.3, 0.4) is 0 Å². The highest BCUT2D eigenvalue weighted by atomic mass is 16.3. The van der Waals surface area contributed by atoms with Crippen LogP contribution in [-0.2, 0) is 0 Å². The third-order valence-electron chi connectivity index (χ3n) is 4.55. The number of fused-ring (bicyclic) bond motifs is 2. The molecule has 2 rings (SSSR count). The average Bonchev–Trinajstić information content (AvgIpc) is 2.41. The van der Waals surface area contributed by atoms with Gasteiger partial charge in [-0.25, -0.2) is 0 Å². The fraction of sp³-hybridized carbons (Fsp3) is 1.00. The maximum absolute atomic E-state index is 9.52. The van der Waals surface area contributed by atoms with E-state index in [2.05, 4.69) is 25.8 Å². The summed E-state index contributed by atoms with van der Waals surface area (Å²) in [6.07, 6.45) is 3.95. The molecule has 0 saturated carbocycles. The largest absolute Gasteiger partial charge is 0.396 e. The molecule has 0 aromatic carbocycles. The van der Waals surface area contributed by atoms with Crippen LogP contribution in [0, 0.1) is 17.8 Å². The highest BCUT2D eigenvalue weighted by Gasteiger charge is 2.45. The molecule has 2 bridgehead atoms. The maximum Gasteiger partial charge on any atom is 0.0476 e. The van der Waals surface area contributed by atoms with Crippen molar-refractivity contribution in [3.63, 3.8) is 0 Å². The van der Waals surface area contributed by atoms with Gasteiger partial charge >= 0.3 is 0 Å². The third-order valence-corrected chi connectivity index (χ3v) is 4.55. The Balaban J connectivity index is 2.15. The van der Waals surface area contributed by atoms with Gasteiger partial charge in [-0.2, -0.15) is 0 Å². The smallest absolute Gasteiger partial charge is 0.0476 e. The third kappa shape index (κ3) is 1.49. The molecule has 2 heterocycles. The van der Waals surface area contributed by atoms with Gasteiger partial charge in [0.1, 0.15) is 0 Å². The second-order valence-corrected chi connectivity index (χ2v) is 5.45. The number of piperidine rings is 1. The van der Waals surface area contributed by atoms with Gasteiger partial charge in [-0.3, -0.25) is 0 Å². The van der Waals surface area contributed by atoms with E-state index >= 15 is 0 Å². The van der Waals surface area contributed by atoms with Crippen LogP contribution >= 0.6 is 0 Å². The molecule has 2 aliphatic heterocycles. The second kappa shape index (κ2) is 3.82. The normalized spacial score (nSPS) is 43.5. The topological polar surface area (TPSA) is 23.5 Å². The molecule has 2 aliphatic rings. The summed E-state index contributed by atoms with van der Waals surface area (Å²) in [6, 6.07) is 1.46. The molecule has 2 heteroatoms. The Kier molecular flexibility index (Phi) is 2.85. The Morgan fingerprint density at radius 3 is 2.64 bits per heavy atom. The Bertz CT molecular complexity index is 204. The van der Waals surface area contributed by atoms with E-state index < -0.39 is 0 Å². The summed E-state index contributed by atoms with van der Waals surface area (Å²) in [4.78, 5) is 2.51. The van der Waals surface area contributed by atoms with Gasteiger partial charge in [0.2, 0.25) is 0 Å². The Labute approximate surface area is 87.3 Å². The molecule has 14 heavy (non-hydrogen) atoms. The molecule has 2 saturated heterocycles. The summed E-state index contributed by atoms with van der Waals surface area (Å²) >= 11 is 0. The molecule has 82 valence electrons. The number of nitrogens with zero attached hydrogens (tertiary/aromatic N) is 1. The monoisotopic (exact) mass is 197 g/mol. The number of hydrogen-bond donors (Lipinski definition) is 1. The van der Waals surface area contributed by atoms with E-state index in [9.17, 15) is 5.11 Å². The van der Waals surface area contributed by atoms with E-state index in [1.165, 1.54) is 19.3 Å². The number of rotatable bonds is 2. The molecule has 4 unspecified atom stereocenters. The van der Waals surface area contributed by atoms with Crippen molar-refractivity contribution in [2.24, 2.45) is 17.8 Å². The Morgan fingerprint density at radius 1 is 1.36 bits per heavy atom. The van der Waals surface area contributed by atoms with E-state index in [-0.39, 0.29) is 0 Å².